The third-order valence-electron chi connectivity index (χ3n) is 1.55. The Labute approximate surface area is 121 Å². The molecule has 0 aromatic heterocycles. The number of carbonyl (C=O) groups excluding carboxylic acids is 2. The zero-order valence-corrected chi connectivity index (χ0v) is 9.52. The Bertz CT molecular complexity index is 361. The van der Waals surface area contributed by atoms with Crippen molar-refractivity contribution in [3.05, 3.63) is 24.3 Å². The molecule has 0 aromatic rings. The van der Waals surface area contributed by atoms with Gasteiger partial charge in [-0.05, 0) is 6.92 Å². The maximum absolute atomic E-state index is 11.1. The number of esters is 2. The molecule has 0 radical (unpaired) electrons. The molecule has 1 N–H and O–H groups in total. The van der Waals surface area contributed by atoms with Crippen LogP contribution >= 0.6 is 0 Å². The van der Waals surface area contributed by atoms with Gasteiger partial charge in [0.15, 0.2) is 0 Å². The second-order valence-corrected chi connectivity index (χ2v) is 3.23. The summed E-state index contributed by atoms with van der Waals surface area (Å²) in [5, 5.41) is 8.39. The smallest absolute Gasteiger partial charge is 0.334 e. The lowest BCUT2D eigenvalue weighted by Crippen LogP contribution is -2.16. The van der Waals surface area contributed by atoms with Crippen LogP contribution in [0.4, 0.5) is 0 Å². The lowest BCUT2D eigenvalue weighted by Gasteiger charge is -2.06. The number of aliphatic carboxylic acids is 1. The summed E-state index contributed by atoms with van der Waals surface area (Å²) in [6.07, 6.45) is -0.482. The van der Waals surface area contributed by atoms with Gasteiger partial charge in [0.25, 0.3) is 0 Å². The summed E-state index contributed by atoms with van der Waals surface area (Å²) in [4.78, 5) is 32.3. The molecular weight excluding hydrogens is 252 g/mol. The molecule has 0 aliphatic rings. The van der Waals surface area contributed by atoms with Gasteiger partial charge < -0.3 is 14.6 Å². The Morgan fingerprint density at radius 1 is 1.06 bits per heavy atom. The first kappa shape index (κ1) is 19.0. The van der Waals surface area contributed by atoms with Crippen LogP contribution in [-0.2, 0) is 23.9 Å². The summed E-state index contributed by atoms with van der Waals surface area (Å²) in [6, 6.07) is 0. The lowest BCUT2D eigenvalue weighted by molar-refractivity contribution is -0.148. The number of ether oxygens (including phenoxy) is 2. The van der Waals surface area contributed by atoms with Crippen LogP contribution in [0.5, 0.6) is 0 Å². The van der Waals surface area contributed by atoms with Gasteiger partial charge in [0.1, 0.15) is 13.2 Å². The first-order chi connectivity index (χ1) is 7.84. The van der Waals surface area contributed by atoms with Crippen molar-refractivity contribution >= 4 is 41.0 Å². The molecule has 0 unspecified atom stereocenters. The fourth-order valence-corrected chi connectivity index (χ4v) is 0.749. The standard InChI is InChI=1S/C11H14O6.Mg.2H/c1-7(2)10(14)16-4-5-17-11(15)8(3)6-9(12)13;;;/h1,3-6H2,2H3,(H,12,13);;;. The van der Waals surface area contributed by atoms with E-state index in [1.807, 2.05) is 0 Å². The van der Waals surface area contributed by atoms with Gasteiger partial charge in [-0.1, -0.05) is 13.2 Å². The molecule has 0 fully saturated rings. The molecule has 0 aliphatic carbocycles. The summed E-state index contributed by atoms with van der Waals surface area (Å²) in [5.74, 6) is -2.56. The van der Waals surface area contributed by atoms with E-state index in [0.29, 0.717) is 0 Å². The highest BCUT2D eigenvalue weighted by Crippen LogP contribution is 2.01. The van der Waals surface area contributed by atoms with Gasteiger partial charge in [-0.2, -0.15) is 0 Å². The second kappa shape index (κ2) is 9.66. The predicted octanol–water partition coefficient (Wildman–Crippen LogP) is -0.236. The van der Waals surface area contributed by atoms with Crippen LogP contribution in [0.15, 0.2) is 24.3 Å². The van der Waals surface area contributed by atoms with Gasteiger partial charge in [-0.15, -0.1) is 0 Å². The van der Waals surface area contributed by atoms with E-state index in [2.05, 4.69) is 22.6 Å². The number of hydrogen-bond donors (Lipinski definition) is 1. The van der Waals surface area contributed by atoms with Crippen molar-refractivity contribution in [3.8, 4) is 0 Å². The van der Waals surface area contributed by atoms with Gasteiger partial charge in [-0.3, -0.25) is 4.79 Å². The molecule has 0 bridgehead atoms. The number of carboxylic acids is 1. The Kier molecular flexibility index (Phi) is 10.2. The van der Waals surface area contributed by atoms with Crippen LogP contribution in [0.2, 0.25) is 0 Å². The minimum Gasteiger partial charge on any atom is -0.481 e. The summed E-state index contributed by atoms with van der Waals surface area (Å²) >= 11 is 0. The van der Waals surface area contributed by atoms with Crippen molar-refractivity contribution in [2.45, 2.75) is 13.3 Å². The molecule has 0 rings (SSSR count). The molecule has 0 saturated heterocycles. The molecule has 0 amide bonds. The van der Waals surface area contributed by atoms with Crippen molar-refractivity contribution in [1.82, 2.24) is 0 Å². The molecule has 0 heterocycles. The number of carbonyl (C=O) groups is 3. The highest BCUT2D eigenvalue weighted by atomic mass is 24.3. The molecule has 6 nitrogen and oxygen atoms in total. The third-order valence-corrected chi connectivity index (χ3v) is 1.55. The van der Waals surface area contributed by atoms with E-state index >= 15 is 0 Å². The summed E-state index contributed by atoms with van der Waals surface area (Å²) < 4.78 is 9.28. The van der Waals surface area contributed by atoms with Crippen LogP contribution in [-0.4, -0.2) is 59.3 Å². The van der Waals surface area contributed by atoms with E-state index < -0.39 is 24.3 Å². The zero-order valence-electron chi connectivity index (χ0n) is 9.52. The molecule has 7 heteroatoms. The topological polar surface area (TPSA) is 89.9 Å². The van der Waals surface area contributed by atoms with E-state index in [1.165, 1.54) is 6.92 Å². The van der Waals surface area contributed by atoms with E-state index in [1.54, 1.807) is 0 Å². The monoisotopic (exact) mass is 268 g/mol. The van der Waals surface area contributed by atoms with Gasteiger partial charge in [0.2, 0.25) is 0 Å². The summed E-state index contributed by atoms with van der Waals surface area (Å²) in [6.45, 7) is 7.85. The van der Waals surface area contributed by atoms with E-state index in [9.17, 15) is 14.4 Å². The number of rotatable bonds is 7. The summed E-state index contributed by atoms with van der Waals surface area (Å²) in [5.41, 5.74) is 0.0790. The highest BCUT2D eigenvalue weighted by molar-refractivity contribution is 5.92. The number of carboxylic acid groups (broad SMARTS) is 1. The van der Waals surface area contributed by atoms with Crippen LogP contribution in [0.25, 0.3) is 0 Å². The predicted molar refractivity (Wildman–Crippen MR) is 66.7 cm³/mol. The van der Waals surface area contributed by atoms with Crippen LogP contribution in [0.3, 0.4) is 0 Å². The Hall–Kier alpha value is -1.34. The molecule has 0 aliphatic heterocycles. The first-order valence-electron chi connectivity index (χ1n) is 4.74. The largest absolute Gasteiger partial charge is 0.481 e. The van der Waals surface area contributed by atoms with Gasteiger partial charge in [0, 0.05) is 11.1 Å². The maximum atomic E-state index is 11.1. The van der Waals surface area contributed by atoms with E-state index in [0.717, 1.165) is 0 Å². The first-order valence-corrected chi connectivity index (χ1v) is 4.74. The van der Waals surface area contributed by atoms with E-state index in [4.69, 9.17) is 5.11 Å². The molecule has 0 saturated carbocycles. The minimum atomic E-state index is -1.17. The molecule has 0 aromatic carbocycles. The highest BCUT2D eigenvalue weighted by Gasteiger charge is 2.12. The van der Waals surface area contributed by atoms with Crippen molar-refractivity contribution in [1.29, 1.82) is 0 Å². The molecular formula is C11H16MgO6. The lowest BCUT2D eigenvalue weighted by atomic mass is 10.2. The Morgan fingerprint density at radius 3 is 1.89 bits per heavy atom. The zero-order chi connectivity index (χ0) is 13.4. The van der Waals surface area contributed by atoms with E-state index in [-0.39, 0.29) is 47.4 Å². The van der Waals surface area contributed by atoms with Gasteiger partial charge in [-0.25, -0.2) is 9.59 Å². The second-order valence-electron chi connectivity index (χ2n) is 3.23. The quantitative estimate of drug-likeness (QED) is 0.297. The fraction of sp³-hybridized carbons (Fsp3) is 0.364. The van der Waals surface area contributed by atoms with Crippen molar-refractivity contribution in [2.75, 3.05) is 13.2 Å². The molecule has 18 heavy (non-hydrogen) atoms. The maximum Gasteiger partial charge on any atom is 0.334 e. The van der Waals surface area contributed by atoms with Gasteiger partial charge >= 0.3 is 41.0 Å². The molecule has 98 valence electrons. The van der Waals surface area contributed by atoms with Crippen molar-refractivity contribution in [3.63, 3.8) is 0 Å². The SMILES string of the molecule is C=C(C)C(=O)OCCOC(=O)C(=C)CC(=O)O.[MgH2]. The van der Waals surface area contributed by atoms with Crippen molar-refractivity contribution in [2.24, 2.45) is 0 Å². The Balaban J connectivity index is 0. The molecule has 0 spiro atoms. The van der Waals surface area contributed by atoms with Crippen LogP contribution in [0, 0.1) is 0 Å². The third kappa shape index (κ3) is 8.77. The average Bonchev–Trinajstić information content (AvgIpc) is 2.22. The Morgan fingerprint density at radius 2 is 1.50 bits per heavy atom. The fourth-order valence-electron chi connectivity index (χ4n) is 0.749. The average molecular weight is 269 g/mol. The van der Waals surface area contributed by atoms with Gasteiger partial charge in [0.05, 0.1) is 6.42 Å². The van der Waals surface area contributed by atoms with Crippen LogP contribution < -0.4 is 0 Å². The molecule has 0 atom stereocenters. The van der Waals surface area contributed by atoms with Crippen molar-refractivity contribution < 1.29 is 29.0 Å². The minimum absolute atomic E-state index is 0. The summed E-state index contributed by atoms with van der Waals surface area (Å²) in [7, 11) is 0. The van der Waals surface area contributed by atoms with Crippen LogP contribution in [0.1, 0.15) is 13.3 Å². The number of hydrogen-bond acceptors (Lipinski definition) is 5. The normalized spacial score (nSPS) is 8.72.